The lowest BCUT2D eigenvalue weighted by atomic mass is 10.2. The lowest BCUT2D eigenvalue weighted by Crippen LogP contribution is -2.48. The number of benzene rings is 1. The Labute approximate surface area is 123 Å². The number of amides is 1. The molecule has 5 nitrogen and oxygen atoms in total. The Kier molecular flexibility index (Phi) is 3.18. The number of aromatic nitrogens is 2. The molecule has 1 amide bonds. The summed E-state index contributed by atoms with van der Waals surface area (Å²) in [6.07, 6.45) is 2.86. The fourth-order valence-electron chi connectivity index (χ4n) is 3.35. The Bertz CT molecular complexity index is 653. The predicted molar refractivity (Wildman–Crippen MR) is 79.3 cm³/mol. The number of fused-ring (bicyclic) bond motifs is 3. The van der Waals surface area contributed by atoms with E-state index < -0.39 is 0 Å². The summed E-state index contributed by atoms with van der Waals surface area (Å²) >= 11 is 0. The number of carbonyl (C=O) groups excluding carboxylic acids is 1. The van der Waals surface area contributed by atoms with Gasteiger partial charge >= 0.3 is 6.03 Å². The van der Waals surface area contributed by atoms with Crippen molar-refractivity contribution in [1.29, 1.82) is 0 Å². The van der Waals surface area contributed by atoms with Crippen molar-refractivity contribution in [3.8, 4) is 0 Å². The molecule has 1 aromatic heterocycles. The number of hydrogen-bond acceptors (Lipinski definition) is 3. The van der Waals surface area contributed by atoms with Crippen LogP contribution in [0.15, 0.2) is 30.5 Å². The fourth-order valence-corrected chi connectivity index (χ4v) is 3.35. The first-order valence-electron chi connectivity index (χ1n) is 6.68. The van der Waals surface area contributed by atoms with Crippen LogP contribution >= 0.6 is 12.4 Å². The minimum atomic E-state index is 0. The molecule has 3 heterocycles. The van der Waals surface area contributed by atoms with Crippen molar-refractivity contribution in [2.45, 2.75) is 18.5 Å². The second kappa shape index (κ2) is 4.75. The van der Waals surface area contributed by atoms with Crippen molar-refractivity contribution in [3.05, 3.63) is 30.5 Å². The van der Waals surface area contributed by atoms with Crippen molar-refractivity contribution in [3.63, 3.8) is 0 Å². The molecule has 2 bridgehead atoms. The largest absolute Gasteiger partial charge is 0.345 e. The Morgan fingerprint density at radius 2 is 2.05 bits per heavy atom. The summed E-state index contributed by atoms with van der Waals surface area (Å²) in [4.78, 5) is 16.9. The summed E-state index contributed by atoms with van der Waals surface area (Å²) < 4.78 is 1.54. The van der Waals surface area contributed by atoms with Crippen LogP contribution in [0.4, 0.5) is 4.79 Å². The summed E-state index contributed by atoms with van der Waals surface area (Å²) in [6.45, 7) is 1.81. The molecule has 0 saturated carbocycles. The zero-order valence-electron chi connectivity index (χ0n) is 11.3. The van der Waals surface area contributed by atoms with Crippen LogP contribution in [0.1, 0.15) is 6.42 Å². The predicted octanol–water partition coefficient (Wildman–Crippen LogP) is 1.81. The van der Waals surface area contributed by atoms with Crippen molar-refractivity contribution in [2.24, 2.45) is 0 Å². The van der Waals surface area contributed by atoms with Crippen LogP contribution in [0.2, 0.25) is 0 Å². The number of nitrogens with zero attached hydrogens (tertiary/aromatic N) is 4. The normalized spacial score (nSPS) is 25.1. The molecule has 20 heavy (non-hydrogen) atoms. The summed E-state index contributed by atoms with van der Waals surface area (Å²) in [5.74, 6) is 0. The lowest BCUT2D eigenvalue weighted by molar-refractivity contribution is 0.151. The molecule has 2 atom stereocenters. The van der Waals surface area contributed by atoms with Crippen LogP contribution in [0, 0.1) is 0 Å². The van der Waals surface area contributed by atoms with E-state index in [-0.39, 0.29) is 18.4 Å². The van der Waals surface area contributed by atoms with Gasteiger partial charge in [0.2, 0.25) is 0 Å². The number of likely N-dealkylation sites (tertiary alicyclic amines) is 2. The first kappa shape index (κ1) is 13.4. The van der Waals surface area contributed by atoms with Crippen LogP contribution in [0.25, 0.3) is 10.9 Å². The summed E-state index contributed by atoms with van der Waals surface area (Å²) in [6, 6.07) is 8.73. The van der Waals surface area contributed by atoms with Gasteiger partial charge in [0.1, 0.15) is 0 Å². The minimum Gasteiger partial charge on any atom is -0.317 e. The van der Waals surface area contributed by atoms with Crippen LogP contribution < -0.4 is 0 Å². The molecular weight excluding hydrogens is 276 g/mol. The molecule has 2 aromatic rings. The molecular formula is C14H17ClN4O. The molecule has 0 radical (unpaired) electrons. The van der Waals surface area contributed by atoms with Gasteiger partial charge in [-0.05, 0) is 19.5 Å². The van der Waals surface area contributed by atoms with Crippen LogP contribution in [0.5, 0.6) is 0 Å². The van der Waals surface area contributed by atoms with E-state index >= 15 is 0 Å². The highest BCUT2D eigenvalue weighted by Gasteiger charge is 2.44. The van der Waals surface area contributed by atoms with Gasteiger partial charge < -0.3 is 4.90 Å². The van der Waals surface area contributed by atoms with Crippen molar-refractivity contribution < 1.29 is 4.79 Å². The average molecular weight is 293 g/mol. The van der Waals surface area contributed by atoms with Crippen molar-refractivity contribution >= 4 is 29.3 Å². The van der Waals surface area contributed by atoms with Gasteiger partial charge in [-0.15, -0.1) is 12.4 Å². The third-order valence-corrected chi connectivity index (χ3v) is 4.42. The van der Waals surface area contributed by atoms with E-state index in [0.29, 0.717) is 12.1 Å². The average Bonchev–Trinajstić information content (AvgIpc) is 3.10. The number of halogens is 1. The fraction of sp³-hybridized carbons (Fsp3) is 0.429. The molecule has 106 valence electrons. The molecule has 0 N–H and O–H groups in total. The first-order valence-corrected chi connectivity index (χ1v) is 6.68. The Balaban J connectivity index is 0.00000121. The van der Waals surface area contributed by atoms with Gasteiger partial charge in [0.15, 0.2) is 0 Å². The number of carbonyl (C=O) groups is 1. The molecule has 0 aliphatic carbocycles. The van der Waals surface area contributed by atoms with Gasteiger partial charge in [0.05, 0.1) is 11.7 Å². The van der Waals surface area contributed by atoms with Gasteiger partial charge in [0, 0.05) is 30.6 Å². The number of likely N-dealkylation sites (N-methyl/N-ethyl adjacent to an activating group) is 1. The molecule has 2 aliphatic rings. The maximum absolute atomic E-state index is 12.6. The van der Waals surface area contributed by atoms with E-state index in [1.807, 2.05) is 29.2 Å². The SMILES string of the molecule is CN1C[C@@H]2C[C@H]1CN2C(=O)n1ncc2ccccc21.Cl. The molecule has 2 saturated heterocycles. The first-order chi connectivity index (χ1) is 9.24. The van der Waals surface area contributed by atoms with Gasteiger partial charge in [-0.2, -0.15) is 9.78 Å². The molecule has 0 unspecified atom stereocenters. The monoisotopic (exact) mass is 292 g/mol. The topological polar surface area (TPSA) is 41.4 Å². The zero-order chi connectivity index (χ0) is 13.0. The minimum absolute atomic E-state index is 0. The van der Waals surface area contributed by atoms with E-state index in [9.17, 15) is 4.79 Å². The third-order valence-electron chi connectivity index (χ3n) is 4.42. The van der Waals surface area contributed by atoms with E-state index in [1.54, 1.807) is 6.20 Å². The summed E-state index contributed by atoms with van der Waals surface area (Å²) in [5.41, 5.74) is 0.892. The van der Waals surface area contributed by atoms with Gasteiger partial charge in [0.25, 0.3) is 0 Å². The molecule has 6 heteroatoms. The number of hydrogen-bond donors (Lipinski definition) is 0. The van der Waals surface area contributed by atoms with Gasteiger partial charge in [-0.3, -0.25) is 4.90 Å². The standard InChI is InChI=1S/C14H16N4O.ClH/c1-16-8-12-6-11(16)9-17(12)14(19)18-13-5-3-2-4-10(13)7-15-18;/h2-5,7,11-12H,6,8-9H2,1H3;1H/t11-,12-;/m0./s1. The third kappa shape index (κ3) is 1.81. The Hall–Kier alpha value is -1.59. The van der Waals surface area contributed by atoms with Crippen LogP contribution in [-0.4, -0.2) is 57.8 Å². The quantitative estimate of drug-likeness (QED) is 0.744. The molecule has 1 aromatic carbocycles. The summed E-state index contributed by atoms with van der Waals surface area (Å²) in [7, 11) is 2.13. The highest BCUT2D eigenvalue weighted by molar-refractivity contribution is 5.90. The van der Waals surface area contributed by atoms with Gasteiger partial charge in [-0.25, -0.2) is 4.79 Å². The highest BCUT2D eigenvalue weighted by Crippen LogP contribution is 2.30. The van der Waals surface area contributed by atoms with Crippen molar-refractivity contribution in [2.75, 3.05) is 20.1 Å². The number of para-hydroxylation sites is 1. The highest BCUT2D eigenvalue weighted by atomic mass is 35.5. The van der Waals surface area contributed by atoms with E-state index in [0.717, 1.165) is 30.4 Å². The van der Waals surface area contributed by atoms with Gasteiger partial charge in [-0.1, -0.05) is 18.2 Å². The second-order valence-corrected chi connectivity index (χ2v) is 5.53. The maximum Gasteiger partial charge on any atom is 0.345 e. The van der Waals surface area contributed by atoms with Crippen LogP contribution in [-0.2, 0) is 0 Å². The smallest absolute Gasteiger partial charge is 0.317 e. The van der Waals surface area contributed by atoms with E-state index in [2.05, 4.69) is 17.0 Å². The van der Waals surface area contributed by atoms with E-state index in [1.165, 1.54) is 4.68 Å². The molecule has 0 spiro atoms. The molecule has 4 rings (SSSR count). The number of rotatable bonds is 0. The Morgan fingerprint density at radius 3 is 2.75 bits per heavy atom. The summed E-state index contributed by atoms with van der Waals surface area (Å²) in [5, 5.41) is 5.27. The zero-order valence-corrected chi connectivity index (χ0v) is 12.1. The number of piperazine rings is 1. The maximum atomic E-state index is 12.6. The van der Waals surface area contributed by atoms with Crippen LogP contribution in [0.3, 0.4) is 0 Å². The van der Waals surface area contributed by atoms with E-state index in [4.69, 9.17) is 0 Å². The lowest BCUT2D eigenvalue weighted by Gasteiger charge is -2.31. The Morgan fingerprint density at radius 1 is 1.25 bits per heavy atom. The second-order valence-electron chi connectivity index (χ2n) is 5.53. The molecule has 2 fully saturated rings. The molecule has 2 aliphatic heterocycles. The van der Waals surface area contributed by atoms with Crippen molar-refractivity contribution in [1.82, 2.24) is 19.6 Å².